The number of nitrogen functional groups attached to an aromatic ring is 1. The van der Waals surface area contributed by atoms with Crippen LogP contribution in [0, 0.1) is 13.8 Å². The molecule has 9 nitrogen and oxygen atoms in total. The number of aromatic nitrogens is 3. The van der Waals surface area contributed by atoms with Crippen LogP contribution in [-0.4, -0.2) is 38.7 Å². The first-order valence-electron chi connectivity index (χ1n) is 9.75. The molecule has 3 rings (SSSR count). The Labute approximate surface area is 192 Å². The Morgan fingerprint density at radius 2 is 1.82 bits per heavy atom. The maximum atomic E-state index is 12.4. The first-order valence-corrected chi connectivity index (χ1v) is 10.6. The summed E-state index contributed by atoms with van der Waals surface area (Å²) in [5, 5.41) is 12.4. The zero-order valence-electron chi connectivity index (χ0n) is 18.0. The van der Waals surface area contributed by atoms with E-state index in [0.717, 1.165) is 22.9 Å². The van der Waals surface area contributed by atoms with Gasteiger partial charge >= 0.3 is 12.6 Å². The lowest BCUT2D eigenvalue weighted by atomic mass is 10.1. The summed E-state index contributed by atoms with van der Waals surface area (Å²) in [7, 11) is 0. The molecule has 33 heavy (non-hydrogen) atoms. The van der Waals surface area contributed by atoms with Crippen LogP contribution in [0.3, 0.4) is 0 Å². The van der Waals surface area contributed by atoms with E-state index in [1.54, 1.807) is 13.0 Å². The first kappa shape index (κ1) is 24.0. The normalized spacial score (nSPS) is 11.8. The lowest BCUT2D eigenvalue weighted by molar-refractivity contribution is -0.119. The quantitative estimate of drug-likeness (QED) is 0.351. The van der Waals surface area contributed by atoms with Gasteiger partial charge in [-0.25, -0.2) is 9.47 Å². The number of carbonyl (C=O) groups excluding carboxylic acids is 2. The SMILES string of the molecule is Cc1ccc(NC(=O)NC(=O)C(C)Sc2nnc(-c3ccc(OC(F)F)cc3)n2N)c(C)c1. The second-order valence-corrected chi connectivity index (χ2v) is 8.41. The van der Waals surface area contributed by atoms with Crippen LogP contribution in [0.5, 0.6) is 5.75 Å². The number of nitrogens with zero attached hydrogens (tertiary/aromatic N) is 3. The molecule has 0 bridgehead atoms. The summed E-state index contributed by atoms with van der Waals surface area (Å²) in [4.78, 5) is 24.6. The van der Waals surface area contributed by atoms with Crippen molar-refractivity contribution in [1.82, 2.24) is 20.2 Å². The second kappa shape index (κ2) is 10.3. The zero-order valence-corrected chi connectivity index (χ0v) is 18.8. The molecule has 3 amide bonds. The van der Waals surface area contributed by atoms with Crippen LogP contribution in [0.25, 0.3) is 11.4 Å². The first-order chi connectivity index (χ1) is 15.6. The maximum absolute atomic E-state index is 12.4. The number of amides is 3. The number of carbonyl (C=O) groups is 2. The van der Waals surface area contributed by atoms with Crippen LogP contribution in [0.4, 0.5) is 19.3 Å². The molecule has 12 heteroatoms. The van der Waals surface area contributed by atoms with Crippen molar-refractivity contribution in [3.8, 4) is 17.1 Å². The highest BCUT2D eigenvalue weighted by Gasteiger charge is 2.22. The summed E-state index contributed by atoms with van der Waals surface area (Å²) in [6.45, 7) is 2.47. The Kier molecular flexibility index (Phi) is 7.48. The third-order valence-corrected chi connectivity index (χ3v) is 5.58. The van der Waals surface area contributed by atoms with Gasteiger partial charge in [0.1, 0.15) is 5.75 Å². The fourth-order valence-electron chi connectivity index (χ4n) is 2.87. The van der Waals surface area contributed by atoms with Gasteiger partial charge in [-0.15, -0.1) is 10.2 Å². The second-order valence-electron chi connectivity index (χ2n) is 7.10. The molecule has 174 valence electrons. The molecule has 0 spiro atoms. The van der Waals surface area contributed by atoms with E-state index >= 15 is 0 Å². The Morgan fingerprint density at radius 1 is 1.12 bits per heavy atom. The molecule has 0 fully saturated rings. The Morgan fingerprint density at radius 3 is 2.45 bits per heavy atom. The summed E-state index contributed by atoms with van der Waals surface area (Å²) < 4.78 is 30.1. The molecule has 0 aliphatic carbocycles. The number of benzene rings is 2. The number of halogens is 2. The number of thioether (sulfide) groups is 1. The zero-order chi connectivity index (χ0) is 24.1. The van der Waals surface area contributed by atoms with Gasteiger partial charge in [0.2, 0.25) is 11.1 Å². The highest BCUT2D eigenvalue weighted by Crippen LogP contribution is 2.26. The molecular weight excluding hydrogens is 454 g/mol. The average molecular weight is 477 g/mol. The van der Waals surface area contributed by atoms with Crippen LogP contribution in [0.15, 0.2) is 47.6 Å². The number of ether oxygens (including phenoxy) is 1. The number of urea groups is 1. The number of nitrogens with one attached hydrogen (secondary N) is 2. The summed E-state index contributed by atoms with van der Waals surface area (Å²) in [6.07, 6.45) is 0. The molecule has 4 N–H and O–H groups in total. The molecule has 1 unspecified atom stereocenters. The molecule has 0 saturated heterocycles. The fraction of sp³-hybridized carbons (Fsp3) is 0.238. The standard InChI is InChI=1S/C21H22F2N6O3S/c1-11-4-9-16(12(2)10-11)25-20(31)26-18(30)13(3)33-21-28-27-17(29(21)24)14-5-7-15(8-6-14)32-19(22)23/h4-10,13,19H,24H2,1-3H3,(H2,25,26,30,31). The summed E-state index contributed by atoms with van der Waals surface area (Å²) in [5.74, 6) is 5.76. The smallest absolute Gasteiger partial charge is 0.387 e. The lowest BCUT2D eigenvalue weighted by Gasteiger charge is -2.13. The molecule has 0 saturated carbocycles. The molecule has 0 aliphatic rings. The van der Waals surface area contributed by atoms with Crippen LogP contribution in [0.1, 0.15) is 18.1 Å². The minimum Gasteiger partial charge on any atom is -0.435 e. The minimum atomic E-state index is -2.92. The van der Waals surface area contributed by atoms with Gasteiger partial charge in [0.15, 0.2) is 5.82 Å². The number of anilines is 1. The number of imide groups is 1. The van der Waals surface area contributed by atoms with E-state index in [-0.39, 0.29) is 16.7 Å². The van der Waals surface area contributed by atoms with Crippen LogP contribution < -0.4 is 21.2 Å². The van der Waals surface area contributed by atoms with Crippen molar-refractivity contribution in [2.75, 3.05) is 11.2 Å². The van der Waals surface area contributed by atoms with E-state index in [1.165, 1.54) is 28.9 Å². The number of alkyl halides is 2. The third-order valence-electron chi connectivity index (χ3n) is 4.52. The van der Waals surface area contributed by atoms with Gasteiger partial charge in [0, 0.05) is 11.3 Å². The van der Waals surface area contributed by atoms with E-state index in [2.05, 4.69) is 25.6 Å². The topological polar surface area (TPSA) is 124 Å². The average Bonchev–Trinajstić information content (AvgIpc) is 3.10. The maximum Gasteiger partial charge on any atom is 0.387 e. The van der Waals surface area contributed by atoms with E-state index < -0.39 is 23.8 Å². The van der Waals surface area contributed by atoms with E-state index in [4.69, 9.17) is 5.84 Å². The van der Waals surface area contributed by atoms with E-state index in [0.29, 0.717) is 11.3 Å². The van der Waals surface area contributed by atoms with Gasteiger partial charge in [-0.05, 0) is 56.7 Å². The summed E-state index contributed by atoms with van der Waals surface area (Å²) in [5.41, 5.74) is 3.05. The van der Waals surface area contributed by atoms with Crippen LogP contribution in [-0.2, 0) is 4.79 Å². The van der Waals surface area contributed by atoms with Gasteiger partial charge in [-0.1, -0.05) is 29.5 Å². The van der Waals surface area contributed by atoms with Crippen LogP contribution >= 0.6 is 11.8 Å². The van der Waals surface area contributed by atoms with E-state index in [9.17, 15) is 18.4 Å². The van der Waals surface area contributed by atoms with Gasteiger partial charge < -0.3 is 15.9 Å². The van der Waals surface area contributed by atoms with Crippen molar-refractivity contribution in [2.24, 2.45) is 0 Å². The molecule has 3 aromatic rings. The Balaban J connectivity index is 1.60. The molecule has 1 aromatic heterocycles. The lowest BCUT2D eigenvalue weighted by Crippen LogP contribution is -2.39. The van der Waals surface area contributed by atoms with Crippen molar-refractivity contribution < 1.29 is 23.1 Å². The molecular formula is C21H22F2N6O3S. The Hall–Kier alpha value is -3.67. The predicted molar refractivity (Wildman–Crippen MR) is 121 cm³/mol. The van der Waals surface area contributed by atoms with Gasteiger partial charge in [-0.3, -0.25) is 10.1 Å². The number of nitrogens with two attached hydrogens (primary N) is 1. The molecule has 1 heterocycles. The van der Waals surface area contributed by atoms with E-state index in [1.807, 2.05) is 26.0 Å². The number of hydrogen-bond donors (Lipinski definition) is 3. The van der Waals surface area contributed by atoms with Crippen molar-refractivity contribution in [1.29, 1.82) is 0 Å². The highest BCUT2D eigenvalue weighted by molar-refractivity contribution is 8.00. The highest BCUT2D eigenvalue weighted by atomic mass is 32.2. The van der Waals surface area contributed by atoms with Crippen LogP contribution in [0.2, 0.25) is 0 Å². The molecule has 0 aliphatic heterocycles. The van der Waals surface area contributed by atoms with Gasteiger partial charge in [0.25, 0.3) is 0 Å². The van der Waals surface area contributed by atoms with Crippen molar-refractivity contribution in [3.63, 3.8) is 0 Å². The van der Waals surface area contributed by atoms with Gasteiger partial charge in [-0.2, -0.15) is 8.78 Å². The monoisotopic (exact) mass is 476 g/mol. The van der Waals surface area contributed by atoms with Gasteiger partial charge in [0.05, 0.1) is 5.25 Å². The summed E-state index contributed by atoms with van der Waals surface area (Å²) in [6, 6.07) is 10.6. The van der Waals surface area contributed by atoms with Crippen molar-refractivity contribution >= 4 is 29.4 Å². The summed E-state index contributed by atoms with van der Waals surface area (Å²) >= 11 is 1.01. The van der Waals surface area contributed by atoms with Crippen molar-refractivity contribution in [3.05, 3.63) is 53.6 Å². The Bertz CT molecular complexity index is 1150. The largest absolute Gasteiger partial charge is 0.435 e. The van der Waals surface area contributed by atoms with Crippen molar-refractivity contribution in [2.45, 2.75) is 37.8 Å². The number of aryl methyl sites for hydroxylation is 2. The number of rotatable bonds is 7. The molecule has 0 radical (unpaired) electrons. The molecule has 1 atom stereocenters. The minimum absolute atomic E-state index is 0.00386. The fourth-order valence-corrected chi connectivity index (χ4v) is 3.64. The number of hydrogen-bond acceptors (Lipinski definition) is 7. The third kappa shape index (κ3) is 6.19. The predicted octanol–water partition coefficient (Wildman–Crippen LogP) is 3.71. The molecule has 2 aromatic carbocycles.